The van der Waals surface area contributed by atoms with Gasteiger partial charge in [0.1, 0.15) is 11.4 Å². The lowest BCUT2D eigenvalue weighted by atomic mass is 10.1. The summed E-state index contributed by atoms with van der Waals surface area (Å²) in [6, 6.07) is 4.98. The first-order valence-corrected chi connectivity index (χ1v) is 7.67. The van der Waals surface area contributed by atoms with E-state index in [0.29, 0.717) is 11.7 Å². The summed E-state index contributed by atoms with van der Waals surface area (Å²) < 4.78 is 13.8. The number of hydrogen-bond acceptors (Lipinski definition) is 3. The molecule has 0 radical (unpaired) electrons. The van der Waals surface area contributed by atoms with Crippen molar-refractivity contribution in [2.24, 2.45) is 0 Å². The second kappa shape index (κ2) is 6.02. The van der Waals surface area contributed by atoms with Crippen molar-refractivity contribution in [2.45, 2.75) is 31.7 Å². The van der Waals surface area contributed by atoms with E-state index < -0.39 is 11.8 Å². The molecule has 2 aliphatic heterocycles. The maximum Gasteiger partial charge on any atom is 0.340 e. The molecule has 2 aliphatic rings. The molecule has 1 N–H and O–H groups in total. The number of carboxylic acid groups (broad SMARTS) is 1. The molecule has 21 heavy (non-hydrogen) atoms. The topological polar surface area (TPSA) is 43.8 Å². The lowest BCUT2D eigenvalue weighted by Gasteiger charge is -2.32. The van der Waals surface area contributed by atoms with Crippen LogP contribution in [0, 0.1) is 5.82 Å². The van der Waals surface area contributed by atoms with E-state index in [4.69, 9.17) is 0 Å². The van der Waals surface area contributed by atoms with E-state index in [-0.39, 0.29) is 5.56 Å². The summed E-state index contributed by atoms with van der Waals surface area (Å²) in [5.41, 5.74) is 0.318. The third-order valence-corrected chi connectivity index (χ3v) is 4.62. The number of piperidine rings is 1. The van der Waals surface area contributed by atoms with Crippen LogP contribution < -0.4 is 4.90 Å². The molecule has 0 saturated carbocycles. The van der Waals surface area contributed by atoms with Gasteiger partial charge in [0, 0.05) is 19.1 Å². The highest BCUT2D eigenvalue weighted by atomic mass is 19.1. The first kappa shape index (κ1) is 14.3. The molecule has 2 heterocycles. The fraction of sp³-hybridized carbons (Fsp3) is 0.562. The van der Waals surface area contributed by atoms with Crippen molar-refractivity contribution in [3.8, 4) is 0 Å². The maximum absolute atomic E-state index is 13.8. The van der Waals surface area contributed by atoms with E-state index in [2.05, 4.69) is 4.90 Å². The van der Waals surface area contributed by atoms with Gasteiger partial charge in [-0.2, -0.15) is 0 Å². The van der Waals surface area contributed by atoms with Crippen molar-refractivity contribution in [1.29, 1.82) is 0 Å². The van der Waals surface area contributed by atoms with Crippen LogP contribution in [0.15, 0.2) is 18.2 Å². The Kier molecular flexibility index (Phi) is 4.10. The average molecular weight is 292 g/mol. The van der Waals surface area contributed by atoms with Crippen LogP contribution in [0.4, 0.5) is 10.1 Å². The second-order valence-electron chi connectivity index (χ2n) is 5.92. The lowest BCUT2D eigenvalue weighted by Crippen LogP contribution is -2.41. The van der Waals surface area contributed by atoms with Crippen molar-refractivity contribution in [3.05, 3.63) is 29.6 Å². The summed E-state index contributed by atoms with van der Waals surface area (Å²) in [5.74, 6) is -1.84. The number of halogens is 1. The summed E-state index contributed by atoms with van der Waals surface area (Å²) in [6.45, 7) is 3.86. The van der Waals surface area contributed by atoms with Gasteiger partial charge in [0.25, 0.3) is 0 Å². The molecule has 1 aromatic rings. The van der Waals surface area contributed by atoms with Crippen molar-refractivity contribution < 1.29 is 14.3 Å². The van der Waals surface area contributed by atoms with Crippen molar-refractivity contribution in [3.63, 3.8) is 0 Å². The van der Waals surface area contributed by atoms with E-state index in [9.17, 15) is 14.3 Å². The molecule has 4 nitrogen and oxygen atoms in total. The van der Waals surface area contributed by atoms with Crippen LogP contribution >= 0.6 is 0 Å². The summed E-state index contributed by atoms with van der Waals surface area (Å²) in [4.78, 5) is 15.8. The monoisotopic (exact) mass is 292 g/mol. The van der Waals surface area contributed by atoms with Crippen LogP contribution in [-0.4, -0.2) is 48.2 Å². The number of hydrogen-bond donors (Lipinski definition) is 1. The van der Waals surface area contributed by atoms with Crippen LogP contribution in [0.2, 0.25) is 0 Å². The summed E-state index contributed by atoms with van der Waals surface area (Å²) in [6.07, 6.45) is 4.82. The Balaban J connectivity index is 1.77. The van der Waals surface area contributed by atoms with Crippen molar-refractivity contribution >= 4 is 11.7 Å². The number of carboxylic acids is 1. The molecule has 1 unspecified atom stereocenters. The average Bonchev–Trinajstić information content (AvgIpc) is 2.97. The van der Waals surface area contributed by atoms with Crippen LogP contribution in [0.5, 0.6) is 0 Å². The normalized spacial score (nSPS) is 23.5. The number of carbonyl (C=O) groups is 1. The Morgan fingerprint density at radius 2 is 1.95 bits per heavy atom. The zero-order valence-corrected chi connectivity index (χ0v) is 12.1. The van der Waals surface area contributed by atoms with Crippen LogP contribution in [0.25, 0.3) is 0 Å². The Bertz CT molecular complexity index is 529. The molecular weight excluding hydrogens is 271 g/mol. The smallest absolute Gasteiger partial charge is 0.340 e. The van der Waals surface area contributed by atoms with Gasteiger partial charge in [0.05, 0.1) is 5.69 Å². The van der Waals surface area contributed by atoms with E-state index >= 15 is 0 Å². The van der Waals surface area contributed by atoms with Gasteiger partial charge in [0.15, 0.2) is 0 Å². The van der Waals surface area contributed by atoms with Gasteiger partial charge in [-0.3, -0.25) is 4.90 Å². The largest absolute Gasteiger partial charge is 0.478 e. The Morgan fingerprint density at radius 1 is 1.19 bits per heavy atom. The molecule has 0 aromatic heterocycles. The first-order valence-electron chi connectivity index (χ1n) is 7.67. The predicted molar refractivity (Wildman–Crippen MR) is 79.4 cm³/mol. The molecule has 0 aliphatic carbocycles. The molecule has 1 atom stereocenters. The minimum absolute atomic E-state index is 0.197. The SMILES string of the molecule is O=C(O)c1c(F)cccc1N1CCC(N2CCCCC2)C1. The number of likely N-dealkylation sites (tertiary alicyclic amines) is 1. The molecule has 5 heteroatoms. The van der Waals surface area contributed by atoms with Gasteiger partial charge in [-0.15, -0.1) is 0 Å². The zero-order chi connectivity index (χ0) is 14.8. The standard InChI is InChI=1S/C16H21FN2O2/c17-13-5-4-6-14(15(13)16(20)21)19-10-7-12(11-19)18-8-2-1-3-9-18/h4-6,12H,1-3,7-11H2,(H,20,21). The molecule has 2 fully saturated rings. The lowest BCUT2D eigenvalue weighted by molar-refractivity contribution is 0.0692. The van der Waals surface area contributed by atoms with Crippen LogP contribution in [0.1, 0.15) is 36.0 Å². The second-order valence-corrected chi connectivity index (χ2v) is 5.92. The fourth-order valence-corrected chi connectivity index (χ4v) is 3.53. The number of aromatic carboxylic acids is 1. The number of benzene rings is 1. The molecule has 0 bridgehead atoms. The Morgan fingerprint density at radius 3 is 2.67 bits per heavy atom. The number of rotatable bonds is 3. The fourth-order valence-electron chi connectivity index (χ4n) is 3.53. The first-order chi connectivity index (χ1) is 10.2. The van der Waals surface area contributed by atoms with Crippen molar-refractivity contribution in [2.75, 3.05) is 31.1 Å². The molecule has 0 amide bonds. The van der Waals surface area contributed by atoms with Gasteiger partial charge < -0.3 is 10.0 Å². The highest BCUT2D eigenvalue weighted by Gasteiger charge is 2.31. The van der Waals surface area contributed by atoms with E-state index in [1.807, 2.05) is 4.90 Å². The van der Waals surface area contributed by atoms with Gasteiger partial charge in [-0.05, 0) is 44.5 Å². The molecule has 0 spiro atoms. The number of anilines is 1. The highest BCUT2D eigenvalue weighted by molar-refractivity contribution is 5.94. The molecule has 3 rings (SSSR count). The maximum atomic E-state index is 13.8. The third-order valence-electron chi connectivity index (χ3n) is 4.62. The Hall–Kier alpha value is -1.62. The number of nitrogens with zero attached hydrogens (tertiary/aromatic N) is 2. The van der Waals surface area contributed by atoms with Crippen molar-refractivity contribution in [1.82, 2.24) is 4.90 Å². The highest BCUT2D eigenvalue weighted by Crippen LogP contribution is 2.29. The van der Waals surface area contributed by atoms with E-state index in [1.54, 1.807) is 12.1 Å². The molecule has 1 aromatic carbocycles. The summed E-state index contributed by atoms with van der Waals surface area (Å²) >= 11 is 0. The van der Waals surface area contributed by atoms with Gasteiger partial charge in [-0.25, -0.2) is 9.18 Å². The molecular formula is C16H21FN2O2. The molecule has 2 saturated heterocycles. The van der Waals surface area contributed by atoms with Crippen LogP contribution in [0.3, 0.4) is 0 Å². The zero-order valence-electron chi connectivity index (χ0n) is 12.1. The quantitative estimate of drug-likeness (QED) is 0.930. The van der Waals surface area contributed by atoms with Crippen LogP contribution in [-0.2, 0) is 0 Å². The third kappa shape index (κ3) is 2.88. The van der Waals surface area contributed by atoms with Gasteiger partial charge in [-0.1, -0.05) is 12.5 Å². The van der Waals surface area contributed by atoms with E-state index in [1.165, 1.54) is 25.3 Å². The minimum atomic E-state index is -1.19. The summed E-state index contributed by atoms with van der Waals surface area (Å²) in [5, 5.41) is 9.24. The predicted octanol–water partition coefficient (Wildman–Crippen LogP) is 2.59. The summed E-state index contributed by atoms with van der Waals surface area (Å²) in [7, 11) is 0. The Labute approximate surface area is 124 Å². The minimum Gasteiger partial charge on any atom is -0.478 e. The van der Waals surface area contributed by atoms with Gasteiger partial charge in [0.2, 0.25) is 0 Å². The van der Waals surface area contributed by atoms with E-state index in [0.717, 1.165) is 32.6 Å². The molecule has 114 valence electrons. The van der Waals surface area contributed by atoms with Gasteiger partial charge >= 0.3 is 5.97 Å².